The summed E-state index contributed by atoms with van der Waals surface area (Å²) in [5.74, 6) is -0.355. The second kappa shape index (κ2) is 7.69. The molecule has 1 aromatic heterocycles. The van der Waals surface area contributed by atoms with Gasteiger partial charge in [-0.1, -0.05) is 49.4 Å². The van der Waals surface area contributed by atoms with Crippen LogP contribution in [0.5, 0.6) is 0 Å². The number of likely N-dealkylation sites (tertiary alicyclic amines) is 2. The third-order valence-electron chi connectivity index (χ3n) is 8.68. The van der Waals surface area contributed by atoms with Crippen LogP contribution in [0.25, 0.3) is 10.9 Å². The van der Waals surface area contributed by atoms with Gasteiger partial charge in [-0.2, -0.15) is 0 Å². The number of hydrogen-bond acceptors (Lipinski definition) is 2. The molecular weight excluding hydrogens is 429 g/mol. The van der Waals surface area contributed by atoms with Crippen LogP contribution in [0.1, 0.15) is 55.6 Å². The molecule has 2 saturated heterocycles. The van der Waals surface area contributed by atoms with Crippen molar-refractivity contribution in [1.29, 1.82) is 0 Å². The lowest BCUT2D eigenvalue weighted by molar-refractivity contribution is -0.133. The molecular formula is C28H30FN3O2. The highest BCUT2D eigenvalue weighted by atomic mass is 19.1. The third-order valence-corrected chi connectivity index (χ3v) is 8.68. The molecule has 34 heavy (non-hydrogen) atoms. The van der Waals surface area contributed by atoms with Gasteiger partial charge in [0.15, 0.2) is 0 Å². The van der Waals surface area contributed by atoms with Gasteiger partial charge in [-0.25, -0.2) is 4.39 Å². The first-order chi connectivity index (χ1) is 16.4. The lowest BCUT2D eigenvalue weighted by Crippen LogP contribution is -2.62. The number of hydrogen-bond donors (Lipinski definition) is 1. The molecule has 1 aliphatic carbocycles. The number of aromatic nitrogens is 1. The van der Waals surface area contributed by atoms with Crippen LogP contribution in [0.15, 0.2) is 54.6 Å². The normalized spacial score (nSPS) is 30.1. The maximum Gasteiger partial charge on any atom is 0.270 e. The summed E-state index contributed by atoms with van der Waals surface area (Å²) in [6, 6.07) is 16.9. The number of amides is 2. The molecule has 3 fully saturated rings. The standard InChI is InChI=1S/C28H30FN3O2/c1-17(33)31-23-16-28(2)24(31)12-7-13-25(28)32(22(23)14-18-8-4-3-5-9-18)27(34)21-15-19-10-6-11-20(29)26(19)30-21/h3-6,8-11,15,22-25,30H,7,12-14,16H2,1-2H3/t22-,23-,24-,25+,28-/m0/s1. The van der Waals surface area contributed by atoms with Gasteiger partial charge in [-0.3, -0.25) is 9.59 Å². The number of para-hydroxylation sites is 1. The van der Waals surface area contributed by atoms with E-state index in [2.05, 4.69) is 33.8 Å². The quantitative estimate of drug-likeness (QED) is 0.604. The molecule has 2 bridgehead atoms. The van der Waals surface area contributed by atoms with Crippen molar-refractivity contribution >= 4 is 22.7 Å². The number of fused-ring (bicyclic) bond motifs is 2. The summed E-state index contributed by atoms with van der Waals surface area (Å²) in [5, 5.41) is 0.695. The molecule has 2 aromatic carbocycles. The predicted molar refractivity (Wildman–Crippen MR) is 129 cm³/mol. The van der Waals surface area contributed by atoms with Gasteiger partial charge in [0.2, 0.25) is 5.91 Å². The first kappa shape index (κ1) is 21.4. The average molecular weight is 460 g/mol. The number of rotatable bonds is 3. The third kappa shape index (κ3) is 3.04. The maximum atomic E-state index is 14.4. The van der Waals surface area contributed by atoms with Gasteiger partial charge in [0.1, 0.15) is 11.5 Å². The fourth-order valence-corrected chi connectivity index (χ4v) is 7.30. The Kier molecular flexibility index (Phi) is 4.84. The summed E-state index contributed by atoms with van der Waals surface area (Å²) in [4.78, 5) is 34.3. The van der Waals surface area contributed by atoms with Crippen molar-refractivity contribution in [1.82, 2.24) is 14.8 Å². The molecule has 6 rings (SSSR count). The minimum atomic E-state index is -0.358. The molecule has 0 spiro atoms. The van der Waals surface area contributed by atoms with E-state index in [4.69, 9.17) is 0 Å². The number of halogens is 1. The van der Waals surface area contributed by atoms with Crippen molar-refractivity contribution < 1.29 is 14.0 Å². The number of nitrogens with one attached hydrogen (secondary N) is 1. The van der Waals surface area contributed by atoms with Gasteiger partial charge >= 0.3 is 0 Å². The van der Waals surface area contributed by atoms with Crippen LogP contribution in [0, 0.1) is 11.2 Å². The van der Waals surface area contributed by atoms with Crippen LogP contribution in [0.2, 0.25) is 0 Å². The van der Waals surface area contributed by atoms with E-state index < -0.39 is 0 Å². The Bertz CT molecular complexity index is 1270. The zero-order chi connectivity index (χ0) is 23.6. The van der Waals surface area contributed by atoms with Crippen LogP contribution in [-0.4, -0.2) is 50.8 Å². The van der Waals surface area contributed by atoms with Gasteiger partial charge < -0.3 is 14.8 Å². The Morgan fingerprint density at radius 3 is 2.50 bits per heavy atom. The fourth-order valence-electron chi connectivity index (χ4n) is 7.30. The topological polar surface area (TPSA) is 56.4 Å². The Labute approximate surface area is 198 Å². The Hall–Kier alpha value is -3.15. The van der Waals surface area contributed by atoms with Crippen molar-refractivity contribution in [2.75, 3.05) is 0 Å². The van der Waals surface area contributed by atoms with E-state index in [1.807, 2.05) is 24.3 Å². The minimum Gasteiger partial charge on any atom is -0.348 e. The summed E-state index contributed by atoms with van der Waals surface area (Å²) >= 11 is 0. The summed E-state index contributed by atoms with van der Waals surface area (Å²) in [6.07, 6.45) is 4.52. The summed E-state index contributed by atoms with van der Waals surface area (Å²) in [7, 11) is 0. The van der Waals surface area contributed by atoms with E-state index in [0.717, 1.165) is 31.2 Å². The molecule has 176 valence electrons. The second-order valence-electron chi connectivity index (χ2n) is 10.5. The van der Waals surface area contributed by atoms with Crippen LogP contribution < -0.4 is 0 Å². The van der Waals surface area contributed by atoms with Crippen LogP contribution in [0.4, 0.5) is 4.39 Å². The van der Waals surface area contributed by atoms with Crippen LogP contribution >= 0.6 is 0 Å². The van der Waals surface area contributed by atoms with E-state index >= 15 is 0 Å². The largest absolute Gasteiger partial charge is 0.348 e. The van der Waals surface area contributed by atoms with E-state index in [1.165, 1.54) is 6.07 Å². The Morgan fingerprint density at radius 1 is 1.06 bits per heavy atom. The lowest BCUT2D eigenvalue weighted by atomic mass is 9.64. The molecule has 1 saturated carbocycles. The number of piperidine rings is 1. The molecule has 0 radical (unpaired) electrons. The summed E-state index contributed by atoms with van der Waals surface area (Å²) in [6.45, 7) is 3.93. The lowest BCUT2D eigenvalue weighted by Gasteiger charge is -2.52. The van der Waals surface area contributed by atoms with Crippen molar-refractivity contribution in [3.8, 4) is 0 Å². The van der Waals surface area contributed by atoms with Crippen LogP contribution in [-0.2, 0) is 11.2 Å². The molecule has 6 heteroatoms. The molecule has 2 amide bonds. The van der Waals surface area contributed by atoms with Crippen molar-refractivity contribution in [3.63, 3.8) is 0 Å². The van der Waals surface area contributed by atoms with Gasteiger partial charge in [0.25, 0.3) is 5.91 Å². The van der Waals surface area contributed by atoms with E-state index in [0.29, 0.717) is 23.0 Å². The van der Waals surface area contributed by atoms with Crippen molar-refractivity contribution in [2.45, 2.75) is 70.1 Å². The average Bonchev–Trinajstić information content (AvgIpc) is 3.39. The number of benzene rings is 2. The summed E-state index contributed by atoms with van der Waals surface area (Å²) in [5.41, 5.74) is 1.80. The second-order valence-corrected chi connectivity index (χ2v) is 10.5. The minimum absolute atomic E-state index is 0.0212. The zero-order valence-corrected chi connectivity index (χ0v) is 19.6. The number of nitrogens with zero attached hydrogens (tertiary/aromatic N) is 2. The molecule has 1 N–H and O–H groups in total. The smallest absolute Gasteiger partial charge is 0.270 e. The zero-order valence-electron chi connectivity index (χ0n) is 19.6. The number of aromatic amines is 1. The molecule has 3 aromatic rings. The number of carbonyl (C=O) groups is 2. The van der Waals surface area contributed by atoms with Gasteiger partial charge in [0, 0.05) is 29.8 Å². The number of carbonyl (C=O) groups excluding carboxylic acids is 2. The van der Waals surface area contributed by atoms with Gasteiger partial charge in [0.05, 0.1) is 17.6 Å². The first-order valence-corrected chi connectivity index (χ1v) is 12.3. The highest BCUT2D eigenvalue weighted by Gasteiger charge is 2.64. The highest BCUT2D eigenvalue weighted by Crippen LogP contribution is 2.56. The van der Waals surface area contributed by atoms with E-state index in [1.54, 1.807) is 19.1 Å². The molecule has 0 unspecified atom stereocenters. The van der Waals surface area contributed by atoms with Gasteiger partial charge in [-0.15, -0.1) is 0 Å². The molecule has 5 nitrogen and oxygen atoms in total. The first-order valence-electron chi connectivity index (χ1n) is 12.3. The fraction of sp³-hybridized carbons (Fsp3) is 0.429. The predicted octanol–water partition coefficient (Wildman–Crippen LogP) is 4.92. The molecule has 3 heterocycles. The van der Waals surface area contributed by atoms with Crippen molar-refractivity contribution in [3.05, 3.63) is 71.7 Å². The van der Waals surface area contributed by atoms with E-state index in [9.17, 15) is 14.0 Å². The monoisotopic (exact) mass is 459 g/mol. The van der Waals surface area contributed by atoms with Gasteiger partial charge in [-0.05, 0) is 49.8 Å². The highest BCUT2D eigenvalue weighted by molar-refractivity contribution is 5.98. The molecule has 2 aliphatic heterocycles. The van der Waals surface area contributed by atoms with Crippen molar-refractivity contribution in [2.24, 2.45) is 5.41 Å². The van der Waals surface area contributed by atoms with Crippen LogP contribution in [0.3, 0.4) is 0 Å². The Balaban J connectivity index is 1.48. The SMILES string of the molecule is CC(=O)N1[C@H]2CCC[C@H]3N(C(=O)c4cc5cccc(F)c5[nH]4)[C@@H](Cc4ccccc4)[C@@H]1C[C@@]23C. The Morgan fingerprint density at radius 2 is 1.79 bits per heavy atom. The molecule has 5 atom stereocenters. The maximum absolute atomic E-state index is 14.4. The molecule has 3 aliphatic rings. The number of H-pyrrole nitrogens is 1. The summed E-state index contributed by atoms with van der Waals surface area (Å²) < 4.78 is 14.4. The van der Waals surface area contributed by atoms with E-state index in [-0.39, 0.29) is 47.2 Å².